The summed E-state index contributed by atoms with van der Waals surface area (Å²) in [6.07, 6.45) is 3.36. The van der Waals surface area contributed by atoms with Crippen LogP contribution in [-0.2, 0) is 6.42 Å². The first kappa shape index (κ1) is 18.0. The zero-order chi connectivity index (χ0) is 18.5. The third kappa shape index (κ3) is 4.22. The van der Waals surface area contributed by atoms with Gasteiger partial charge in [-0.15, -0.1) is 0 Å². The zero-order valence-electron chi connectivity index (χ0n) is 15.7. The Hall–Kier alpha value is -2.83. The Morgan fingerprint density at radius 1 is 1.12 bits per heavy atom. The molecule has 136 valence electrons. The first-order valence-corrected chi connectivity index (χ1v) is 8.87. The van der Waals surface area contributed by atoms with Gasteiger partial charge in [0.05, 0.1) is 0 Å². The minimum atomic E-state index is 0.280. The van der Waals surface area contributed by atoms with Crippen LogP contribution in [-0.4, -0.2) is 31.6 Å². The van der Waals surface area contributed by atoms with E-state index in [4.69, 9.17) is 4.52 Å². The van der Waals surface area contributed by atoms with E-state index >= 15 is 0 Å². The van der Waals surface area contributed by atoms with Crippen molar-refractivity contribution < 1.29 is 4.52 Å². The molecule has 0 amide bonds. The molecule has 1 N–H and O–H groups in total. The average Bonchev–Trinajstić information content (AvgIpc) is 3.12. The summed E-state index contributed by atoms with van der Waals surface area (Å²) in [5.74, 6) is 3.19. The number of hydrogen-bond acceptors (Lipinski definition) is 7. The van der Waals surface area contributed by atoms with Gasteiger partial charge in [0.25, 0.3) is 0 Å². The van der Waals surface area contributed by atoms with Crippen LogP contribution < -0.4 is 5.32 Å². The third-order valence-corrected chi connectivity index (χ3v) is 4.14. The number of hydrogen-bond donors (Lipinski definition) is 1. The normalized spacial score (nSPS) is 11.1. The van der Waals surface area contributed by atoms with Gasteiger partial charge in [-0.1, -0.05) is 25.1 Å². The molecule has 0 saturated heterocycles. The van der Waals surface area contributed by atoms with Gasteiger partial charge in [0.15, 0.2) is 11.6 Å². The van der Waals surface area contributed by atoms with Crippen LogP contribution in [0.4, 0.5) is 5.82 Å². The SMILES string of the molecule is Cc1nc(-c2ccccn2)nc(NCCCc2nc(C(C)C)no2)c1C. The van der Waals surface area contributed by atoms with Gasteiger partial charge >= 0.3 is 0 Å². The van der Waals surface area contributed by atoms with E-state index < -0.39 is 0 Å². The Balaban J connectivity index is 1.63. The van der Waals surface area contributed by atoms with Gasteiger partial charge in [-0.2, -0.15) is 4.98 Å². The van der Waals surface area contributed by atoms with Crippen molar-refractivity contribution in [3.8, 4) is 11.5 Å². The molecule has 0 aliphatic rings. The Morgan fingerprint density at radius 2 is 1.96 bits per heavy atom. The minimum absolute atomic E-state index is 0.280. The highest BCUT2D eigenvalue weighted by molar-refractivity contribution is 5.56. The third-order valence-electron chi connectivity index (χ3n) is 4.14. The highest BCUT2D eigenvalue weighted by Crippen LogP contribution is 2.20. The Bertz CT molecular complexity index is 860. The van der Waals surface area contributed by atoms with Crippen LogP contribution in [0.15, 0.2) is 28.9 Å². The molecule has 7 nitrogen and oxygen atoms in total. The molecular weight excluding hydrogens is 328 g/mol. The van der Waals surface area contributed by atoms with Crippen molar-refractivity contribution in [3.05, 3.63) is 47.4 Å². The molecule has 0 saturated carbocycles. The molecular formula is C19H24N6O. The van der Waals surface area contributed by atoms with Crippen molar-refractivity contribution in [1.29, 1.82) is 0 Å². The fraction of sp³-hybridized carbons (Fsp3) is 0.421. The van der Waals surface area contributed by atoms with Crippen molar-refractivity contribution in [3.63, 3.8) is 0 Å². The smallest absolute Gasteiger partial charge is 0.226 e. The highest BCUT2D eigenvalue weighted by Gasteiger charge is 2.11. The van der Waals surface area contributed by atoms with Crippen LogP contribution in [0.25, 0.3) is 11.5 Å². The lowest BCUT2D eigenvalue weighted by molar-refractivity contribution is 0.369. The van der Waals surface area contributed by atoms with Crippen molar-refractivity contribution >= 4 is 5.82 Å². The van der Waals surface area contributed by atoms with E-state index in [2.05, 4.69) is 44.3 Å². The van der Waals surface area contributed by atoms with E-state index in [9.17, 15) is 0 Å². The topological polar surface area (TPSA) is 89.6 Å². The standard InChI is InChI=1S/C19H24N6O/c1-12(2)17-23-16(26-25-17)9-7-11-21-18-13(3)14(4)22-19(24-18)15-8-5-6-10-20-15/h5-6,8,10,12H,7,9,11H2,1-4H3,(H,21,22,24). The summed E-state index contributed by atoms with van der Waals surface area (Å²) in [7, 11) is 0. The Labute approximate surface area is 153 Å². The van der Waals surface area contributed by atoms with E-state index in [0.29, 0.717) is 11.7 Å². The summed E-state index contributed by atoms with van der Waals surface area (Å²) in [5, 5.41) is 7.38. The zero-order valence-corrected chi connectivity index (χ0v) is 15.7. The number of nitrogens with one attached hydrogen (secondary N) is 1. The number of pyridine rings is 1. The van der Waals surface area contributed by atoms with Crippen LogP contribution in [0, 0.1) is 13.8 Å². The van der Waals surface area contributed by atoms with Gasteiger partial charge in [0.2, 0.25) is 5.89 Å². The number of nitrogens with zero attached hydrogens (tertiary/aromatic N) is 5. The molecule has 0 spiro atoms. The van der Waals surface area contributed by atoms with E-state index in [-0.39, 0.29) is 5.92 Å². The number of aryl methyl sites for hydroxylation is 2. The van der Waals surface area contributed by atoms with Crippen LogP contribution >= 0.6 is 0 Å². The molecule has 0 radical (unpaired) electrons. The first-order valence-electron chi connectivity index (χ1n) is 8.87. The van der Waals surface area contributed by atoms with Gasteiger partial charge in [0, 0.05) is 36.3 Å². The predicted molar refractivity (Wildman–Crippen MR) is 99.9 cm³/mol. The molecule has 0 bridgehead atoms. The van der Waals surface area contributed by atoms with Crippen molar-refractivity contribution in [2.24, 2.45) is 0 Å². The summed E-state index contributed by atoms with van der Waals surface area (Å²) in [6.45, 7) is 8.87. The maximum absolute atomic E-state index is 5.28. The average molecular weight is 352 g/mol. The minimum Gasteiger partial charge on any atom is -0.370 e. The van der Waals surface area contributed by atoms with Crippen molar-refractivity contribution in [2.75, 3.05) is 11.9 Å². The summed E-state index contributed by atoms with van der Waals surface area (Å²) in [6, 6.07) is 5.73. The molecule has 0 aliphatic heterocycles. The van der Waals surface area contributed by atoms with E-state index in [1.165, 1.54) is 0 Å². The lowest BCUT2D eigenvalue weighted by atomic mass is 10.2. The molecule has 0 atom stereocenters. The molecule has 3 aromatic heterocycles. The van der Waals surface area contributed by atoms with Crippen LogP contribution in [0.3, 0.4) is 0 Å². The summed E-state index contributed by atoms with van der Waals surface area (Å²) >= 11 is 0. The molecule has 3 rings (SSSR count). The predicted octanol–water partition coefficient (Wildman–Crippen LogP) is 3.71. The molecule has 0 aliphatic carbocycles. The number of aromatic nitrogens is 5. The number of rotatable bonds is 7. The second-order valence-corrected chi connectivity index (χ2v) is 6.55. The van der Waals surface area contributed by atoms with Gasteiger partial charge in [0.1, 0.15) is 11.5 Å². The lowest BCUT2D eigenvalue weighted by Gasteiger charge is -2.11. The first-order chi connectivity index (χ1) is 12.5. The summed E-state index contributed by atoms with van der Waals surface area (Å²) < 4.78 is 5.28. The van der Waals surface area contributed by atoms with E-state index in [0.717, 1.165) is 48.0 Å². The highest BCUT2D eigenvalue weighted by atomic mass is 16.5. The molecule has 3 heterocycles. The fourth-order valence-electron chi connectivity index (χ4n) is 2.46. The molecule has 3 aromatic rings. The number of anilines is 1. The van der Waals surface area contributed by atoms with E-state index in [1.807, 2.05) is 32.0 Å². The second kappa shape index (κ2) is 8.03. The van der Waals surface area contributed by atoms with Crippen molar-refractivity contribution in [1.82, 2.24) is 25.1 Å². The summed E-state index contributed by atoms with van der Waals surface area (Å²) in [4.78, 5) is 17.9. The van der Waals surface area contributed by atoms with Gasteiger partial charge in [-0.3, -0.25) is 4.98 Å². The summed E-state index contributed by atoms with van der Waals surface area (Å²) in [5.41, 5.74) is 2.76. The van der Waals surface area contributed by atoms with Crippen molar-refractivity contribution in [2.45, 2.75) is 46.5 Å². The Morgan fingerprint density at radius 3 is 2.65 bits per heavy atom. The molecule has 0 aromatic carbocycles. The largest absolute Gasteiger partial charge is 0.370 e. The molecule has 0 unspecified atom stereocenters. The molecule has 26 heavy (non-hydrogen) atoms. The maximum atomic E-state index is 5.28. The van der Waals surface area contributed by atoms with Crippen LogP contribution in [0.5, 0.6) is 0 Å². The molecule has 7 heteroatoms. The fourth-order valence-corrected chi connectivity index (χ4v) is 2.46. The lowest BCUT2D eigenvalue weighted by Crippen LogP contribution is -2.09. The quantitative estimate of drug-likeness (QED) is 0.648. The monoisotopic (exact) mass is 352 g/mol. The Kier molecular flexibility index (Phi) is 5.55. The van der Waals surface area contributed by atoms with Gasteiger partial charge in [-0.05, 0) is 32.4 Å². The van der Waals surface area contributed by atoms with Gasteiger partial charge in [-0.25, -0.2) is 9.97 Å². The van der Waals surface area contributed by atoms with E-state index in [1.54, 1.807) is 6.20 Å². The van der Waals surface area contributed by atoms with Crippen LogP contribution in [0.2, 0.25) is 0 Å². The molecule has 0 fully saturated rings. The maximum Gasteiger partial charge on any atom is 0.226 e. The van der Waals surface area contributed by atoms with Gasteiger partial charge < -0.3 is 9.84 Å². The van der Waals surface area contributed by atoms with Crippen LogP contribution in [0.1, 0.15) is 49.2 Å². The second-order valence-electron chi connectivity index (χ2n) is 6.55.